The van der Waals surface area contributed by atoms with E-state index in [-0.39, 0.29) is 12.6 Å². The van der Waals surface area contributed by atoms with Crippen LogP contribution in [0.4, 0.5) is 0 Å². The average Bonchev–Trinajstić information content (AvgIpc) is 2.86. The lowest BCUT2D eigenvalue weighted by molar-refractivity contribution is -0.246. The van der Waals surface area contributed by atoms with Gasteiger partial charge in [0.1, 0.15) is 0 Å². The molecule has 2 atom stereocenters. The van der Waals surface area contributed by atoms with Gasteiger partial charge in [0.25, 0.3) is 0 Å². The maximum Gasteiger partial charge on any atom is 0.161 e. The molecule has 5 heteroatoms. The van der Waals surface area contributed by atoms with E-state index in [0.717, 1.165) is 36.3 Å². The second kappa shape index (κ2) is 30.5. The Balaban J connectivity index is 3.99. The summed E-state index contributed by atoms with van der Waals surface area (Å²) in [6, 6.07) is 0. The first-order valence-electron chi connectivity index (χ1n) is 14.6. The highest BCUT2D eigenvalue weighted by Gasteiger charge is 2.16. The van der Waals surface area contributed by atoms with Crippen LogP contribution in [0.25, 0.3) is 0 Å². The minimum absolute atomic E-state index is 0.191. The van der Waals surface area contributed by atoms with Gasteiger partial charge >= 0.3 is 0 Å². The number of allylic oxidation sites excluding steroid dienone is 4. The molecule has 0 spiro atoms. The third-order valence-corrected chi connectivity index (χ3v) is 7.11. The second-order valence-electron chi connectivity index (χ2n) is 9.20. The van der Waals surface area contributed by atoms with Crippen LogP contribution in [-0.4, -0.2) is 36.5 Å². The SMILES string of the molecule is CCOC(CCC=CCCCCCCCCBr)OC(CCC=CCCCCCCCCBr)OCC. The number of rotatable bonds is 28. The van der Waals surface area contributed by atoms with E-state index >= 15 is 0 Å². The number of ether oxygens (including phenoxy) is 3. The lowest BCUT2D eigenvalue weighted by Gasteiger charge is -2.24. The number of halogens is 2. The summed E-state index contributed by atoms with van der Waals surface area (Å²) in [6.07, 6.45) is 31.1. The van der Waals surface area contributed by atoms with Gasteiger partial charge in [-0.15, -0.1) is 0 Å². The number of hydrogen-bond donors (Lipinski definition) is 0. The fourth-order valence-electron chi connectivity index (χ4n) is 3.99. The van der Waals surface area contributed by atoms with Crippen LogP contribution in [0.2, 0.25) is 0 Å². The fourth-order valence-corrected chi connectivity index (χ4v) is 4.78. The van der Waals surface area contributed by atoms with Gasteiger partial charge in [0.05, 0.1) is 0 Å². The smallest absolute Gasteiger partial charge is 0.161 e. The Hall–Kier alpha value is 0.320. The molecule has 0 saturated carbocycles. The molecule has 208 valence electrons. The van der Waals surface area contributed by atoms with Crippen molar-refractivity contribution < 1.29 is 14.2 Å². The highest BCUT2D eigenvalue weighted by Crippen LogP contribution is 2.15. The van der Waals surface area contributed by atoms with Crippen molar-refractivity contribution in [3.05, 3.63) is 24.3 Å². The Labute approximate surface area is 235 Å². The molecule has 0 rings (SSSR count). The van der Waals surface area contributed by atoms with Gasteiger partial charge in [-0.1, -0.05) is 108 Å². The summed E-state index contributed by atoms with van der Waals surface area (Å²) in [5.41, 5.74) is 0. The molecule has 0 radical (unpaired) electrons. The molecule has 0 N–H and O–H groups in total. The van der Waals surface area contributed by atoms with Crippen molar-refractivity contribution in [1.29, 1.82) is 0 Å². The largest absolute Gasteiger partial charge is 0.353 e. The van der Waals surface area contributed by atoms with Crippen molar-refractivity contribution in [3.8, 4) is 0 Å². The van der Waals surface area contributed by atoms with Crippen LogP contribution in [-0.2, 0) is 14.2 Å². The molecule has 0 bridgehead atoms. The van der Waals surface area contributed by atoms with Gasteiger partial charge in [0.15, 0.2) is 12.6 Å². The minimum Gasteiger partial charge on any atom is -0.353 e. The standard InChI is InChI=1S/C30H56Br2O3/c1-3-33-29(25-21-17-13-9-5-7-11-15-19-23-27-31)35-30(34-4-2)26-22-18-14-10-6-8-12-16-20-24-28-32/h13-14,17-18,29-30H,3-12,15-16,19-28H2,1-2H3. The molecule has 0 heterocycles. The topological polar surface area (TPSA) is 27.7 Å². The summed E-state index contributed by atoms with van der Waals surface area (Å²) in [6.45, 7) is 5.39. The predicted octanol–water partition coefficient (Wildman–Crippen LogP) is 10.7. The molecule has 0 aromatic rings. The van der Waals surface area contributed by atoms with E-state index in [0.29, 0.717) is 13.2 Å². The first kappa shape index (κ1) is 35.3. The van der Waals surface area contributed by atoms with E-state index in [4.69, 9.17) is 14.2 Å². The van der Waals surface area contributed by atoms with E-state index in [9.17, 15) is 0 Å². The van der Waals surface area contributed by atoms with Gasteiger partial charge < -0.3 is 14.2 Å². The molecule has 0 saturated heterocycles. The molecular formula is C30H56Br2O3. The van der Waals surface area contributed by atoms with Crippen LogP contribution < -0.4 is 0 Å². The molecule has 0 aromatic carbocycles. The first-order valence-corrected chi connectivity index (χ1v) is 16.8. The molecule has 0 fully saturated rings. The van der Waals surface area contributed by atoms with Crippen LogP contribution in [0, 0.1) is 0 Å². The quantitative estimate of drug-likeness (QED) is 0.0375. The summed E-state index contributed by atoms with van der Waals surface area (Å²) in [5.74, 6) is 0. The van der Waals surface area contributed by atoms with Crippen LogP contribution >= 0.6 is 31.9 Å². The number of alkyl halides is 2. The summed E-state index contributed by atoms with van der Waals surface area (Å²) in [5, 5.41) is 2.28. The molecule has 2 unspecified atom stereocenters. The molecule has 3 nitrogen and oxygen atoms in total. The van der Waals surface area contributed by atoms with Crippen LogP contribution in [0.15, 0.2) is 24.3 Å². The first-order chi connectivity index (χ1) is 17.3. The van der Waals surface area contributed by atoms with Gasteiger partial charge in [0, 0.05) is 36.7 Å². The molecule has 0 aliphatic carbocycles. The van der Waals surface area contributed by atoms with Gasteiger partial charge in [-0.3, -0.25) is 0 Å². The van der Waals surface area contributed by atoms with Gasteiger partial charge in [0.2, 0.25) is 0 Å². The van der Waals surface area contributed by atoms with Crippen molar-refractivity contribution in [2.75, 3.05) is 23.9 Å². The van der Waals surface area contributed by atoms with Gasteiger partial charge in [-0.25, -0.2) is 0 Å². The van der Waals surface area contributed by atoms with E-state index in [1.807, 2.05) is 13.8 Å². The normalized spacial score (nSPS) is 13.8. The zero-order valence-corrected chi connectivity index (χ0v) is 26.2. The highest BCUT2D eigenvalue weighted by atomic mass is 79.9. The van der Waals surface area contributed by atoms with Crippen molar-refractivity contribution in [2.24, 2.45) is 0 Å². The molecule has 35 heavy (non-hydrogen) atoms. The number of unbranched alkanes of at least 4 members (excludes halogenated alkanes) is 12. The maximum atomic E-state index is 6.20. The molecule has 0 aliphatic heterocycles. The Morgan fingerprint density at radius 2 is 0.829 bits per heavy atom. The van der Waals surface area contributed by atoms with E-state index in [1.54, 1.807) is 0 Å². The van der Waals surface area contributed by atoms with Crippen molar-refractivity contribution in [3.63, 3.8) is 0 Å². The monoisotopic (exact) mass is 622 g/mol. The zero-order valence-electron chi connectivity index (χ0n) is 23.0. The van der Waals surface area contributed by atoms with E-state index in [1.165, 1.54) is 89.9 Å². The van der Waals surface area contributed by atoms with E-state index < -0.39 is 0 Å². The second-order valence-corrected chi connectivity index (χ2v) is 10.8. The minimum atomic E-state index is -0.191. The summed E-state index contributed by atoms with van der Waals surface area (Å²) >= 11 is 7.00. The Morgan fingerprint density at radius 3 is 1.20 bits per heavy atom. The lowest BCUT2D eigenvalue weighted by Crippen LogP contribution is -2.27. The maximum absolute atomic E-state index is 6.20. The third kappa shape index (κ3) is 27.2. The number of hydrogen-bond acceptors (Lipinski definition) is 3. The summed E-state index contributed by atoms with van der Waals surface area (Å²) in [4.78, 5) is 0. The van der Waals surface area contributed by atoms with Crippen LogP contribution in [0.5, 0.6) is 0 Å². The van der Waals surface area contributed by atoms with E-state index in [2.05, 4.69) is 56.2 Å². The summed E-state index contributed by atoms with van der Waals surface area (Å²) in [7, 11) is 0. The molecule has 0 aromatic heterocycles. The van der Waals surface area contributed by atoms with Crippen molar-refractivity contribution in [2.45, 2.75) is 142 Å². The zero-order chi connectivity index (χ0) is 25.7. The lowest BCUT2D eigenvalue weighted by atomic mass is 10.1. The molecule has 0 aliphatic rings. The average molecular weight is 625 g/mol. The Bertz CT molecular complexity index is 417. The summed E-state index contributed by atoms with van der Waals surface area (Å²) < 4.78 is 17.9. The van der Waals surface area contributed by atoms with Crippen LogP contribution in [0.3, 0.4) is 0 Å². The molecular weight excluding hydrogens is 568 g/mol. The fraction of sp³-hybridized carbons (Fsp3) is 0.867. The van der Waals surface area contributed by atoms with Crippen molar-refractivity contribution in [1.82, 2.24) is 0 Å². The predicted molar refractivity (Wildman–Crippen MR) is 161 cm³/mol. The third-order valence-electron chi connectivity index (χ3n) is 5.99. The highest BCUT2D eigenvalue weighted by molar-refractivity contribution is 9.09. The Kier molecular flexibility index (Phi) is 30.8. The Morgan fingerprint density at radius 1 is 0.486 bits per heavy atom. The van der Waals surface area contributed by atoms with Crippen molar-refractivity contribution >= 4 is 31.9 Å². The van der Waals surface area contributed by atoms with Gasteiger partial charge in [-0.2, -0.15) is 0 Å². The van der Waals surface area contributed by atoms with Gasteiger partial charge in [-0.05, 0) is 65.2 Å². The van der Waals surface area contributed by atoms with Crippen LogP contribution in [0.1, 0.15) is 129 Å². The molecule has 0 amide bonds.